The summed E-state index contributed by atoms with van der Waals surface area (Å²) in [5.74, 6) is 0. The van der Waals surface area contributed by atoms with E-state index >= 15 is 0 Å². The summed E-state index contributed by atoms with van der Waals surface area (Å²) in [5.41, 5.74) is 12.0. The third kappa shape index (κ3) is 1.81. The number of hydrogen-bond acceptors (Lipinski definition) is 0. The van der Waals surface area contributed by atoms with Crippen LogP contribution in [-0.4, -0.2) is 14.5 Å². The molecule has 3 rings (SSSR count). The fourth-order valence-corrected chi connectivity index (χ4v) is 6.73. The van der Waals surface area contributed by atoms with E-state index in [1.807, 2.05) is 0 Å². The fraction of sp³-hybridized carbons (Fsp3) is 0.400. The minimum atomic E-state index is 0.464. The van der Waals surface area contributed by atoms with E-state index in [0.717, 1.165) is 0 Å². The number of aryl methyl sites for hydroxylation is 4. The minimum absolute atomic E-state index is 0.464. The molecule has 0 aliphatic carbocycles. The van der Waals surface area contributed by atoms with E-state index in [-0.39, 0.29) is 0 Å². The zero-order valence-electron chi connectivity index (χ0n) is 14.4. The summed E-state index contributed by atoms with van der Waals surface area (Å²) in [6.45, 7) is 18.4. The Hall–Kier alpha value is -1.04. The molecule has 1 heteroatoms. The standard InChI is InChI=1S/C20H24Se/c1-9-11(3)15(7)19-17(13(9)5)18-14(6)10(2)12(4)16(8)20(18)21-19/h1-8H3. The van der Waals surface area contributed by atoms with Gasteiger partial charge in [0.05, 0.1) is 0 Å². The average Bonchev–Trinajstić information content (AvgIpc) is 2.87. The Morgan fingerprint density at radius 2 is 0.667 bits per heavy atom. The Bertz CT molecular complexity index is 833. The van der Waals surface area contributed by atoms with Crippen LogP contribution in [0.3, 0.4) is 0 Å². The van der Waals surface area contributed by atoms with Gasteiger partial charge in [-0.25, -0.2) is 0 Å². The first-order valence-electron chi connectivity index (χ1n) is 7.66. The van der Waals surface area contributed by atoms with Crippen molar-refractivity contribution >= 4 is 33.8 Å². The van der Waals surface area contributed by atoms with Crippen LogP contribution < -0.4 is 0 Å². The summed E-state index contributed by atoms with van der Waals surface area (Å²) in [6.07, 6.45) is 0. The number of rotatable bonds is 0. The van der Waals surface area contributed by atoms with Crippen LogP contribution >= 0.6 is 0 Å². The van der Waals surface area contributed by atoms with E-state index in [9.17, 15) is 0 Å². The van der Waals surface area contributed by atoms with Gasteiger partial charge in [0.15, 0.2) is 0 Å². The summed E-state index contributed by atoms with van der Waals surface area (Å²) in [5, 5.41) is 3.13. The molecule has 0 radical (unpaired) electrons. The molecule has 0 aliphatic heterocycles. The molecule has 0 spiro atoms. The third-order valence-corrected chi connectivity index (χ3v) is 8.71. The number of hydrogen-bond donors (Lipinski definition) is 0. The number of benzene rings is 2. The first-order valence-corrected chi connectivity index (χ1v) is 9.37. The molecule has 1 aromatic heterocycles. The van der Waals surface area contributed by atoms with Crippen molar-refractivity contribution in [2.45, 2.75) is 55.4 Å². The molecule has 2 aromatic carbocycles. The molecule has 0 amide bonds. The van der Waals surface area contributed by atoms with Crippen molar-refractivity contribution in [3.63, 3.8) is 0 Å². The Morgan fingerprint density at radius 1 is 0.381 bits per heavy atom. The Kier molecular flexibility index (Phi) is 3.35. The summed E-state index contributed by atoms with van der Waals surface area (Å²) >= 11 is 0.464. The maximum atomic E-state index is 2.32. The van der Waals surface area contributed by atoms with Crippen molar-refractivity contribution < 1.29 is 0 Å². The van der Waals surface area contributed by atoms with Crippen LogP contribution in [0.15, 0.2) is 0 Å². The quantitative estimate of drug-likeness (QED) is 0.472. The molecule has 0 fully saturated rings. The molecule has 0 saturated carbocycles. The van der Waals surface area contributed by atoms with Crippen molar-refractivity contribution in [1.29, 1.82) is 0 Å². The molecule has 21 heavy (non-hydrogen) atoms. The Labute approximate surface area is 133 Å². The van der Waals surface area contributed by atoms with Gasteiger partial charge in [-0.05, 0) is 0 Å². The molecule has 3 aromatic rings. The van der Waals surface area contributed by atoms with E-state index in [4.69, 9.17) is 0 Å². The first-order chi connectivity index (χ1) is 9.77. The van der Waals surface area contributed by atoms with Gasteiger partial charge in [-0.15, -0.1) is 0 Å². The predicted molar refractivity (Wildman–Crippen MR) is 96.3 cm³/mol. The zero-order valence-corrected chi connectivity index (χ0v) is 16.1. The molecule has 0 unspecified atom stereocenters. The van der Waals surface area contributed by atoms with E-state index in [1.165, 1.54) is 44.5 Å². The van der Waals surface area contributed by atoms with Crippen LogP contribution in [0.25, 0.3) is 19.3 Å². The van der Waals surface area contributed by atoms with Gasteiger partial charge >= 0.3 is 134 Å². The molecule has 0 aliphatic rings. The van der Waals surface area contributed by atoms with E-state index < -0.39 is 0 Å². The second-order valence-corrected chi connectivity index (χ2v) is 8.65. The van der Waals surface area contributed by atoms with Gasteiger partial charge in [0.25, 0.3) is 0 Å². The normalized spacial score (nSPS) is 11.8. The molecular weight excluding hydrogens is 319 g/mol. The van der Waals surface area contributed by atoms with Gasteiger partial charge < -0.3 is 0 Å². The Morgan fingerprint density at radius 3 is 1.00 bits per heavy atom. The molecule has 0 N–H and O–H groups in total. The monoisotopic (exact) mass is 344 g/mol. The zero-order chi connectivity index (χ0) is 15.6. The van der Waals surface area contributed by atoms with Crippen LogP contribution in [0, 0.1) is 55.4 Å². The summed E-state index contributed by atoms with van der Waals surface area (Å²) in [7, 11) is 0. The van der Waals surface area contributed by atoms with Crippen molar-refractivity contribution in [2.24, 2.45) is 0 Å². The summed E-state index contributed by atoms with van der Waals surface area (Å²) in [6, 6.07) is 0. The summed E-state index contributed by atoms with van der Waals surface area (Å²) < 4.78 is 3.27. The van der Waals surface area contributed by atoms with Crippen molar-refractivity contribution in [2.75, 3.05) is 0 Å². The van der Waals surface area contributed by atoms with E-state index in [0.29, 0.717) is 14.5 Å². The van der Waals surface area contributed by atoms with Crippen LogP contribution in [0.4, 0.5) is 0 Å². The SMILES string of the molecule is Cc1c(C)c(C)c2c([se]c3c(C)c(C)c(C)c(C)c32)c1C. The van der Waals surface area contributed by atoms with Gasteiger partial charge in [0, 0.05) is 0 Å². The van der Waals surface area contributed by atoms with E-state index in [1.54, 1.807) is 19.3 Å². The summed E-state index contributed by atoms with van der Waals surface area (Å²) in [4.78, 5) is 0. The van der Waals surface area contributed by atoms with Crippen LogP contribution in [0.2, 0.25) is 0 Å². The second kappa shape index (κ2) is 4.73. The van der Waals surface area contributed by atoms with Gasteiger partial charge in [0.1, 0.15) is 0 Å². The molecular formula is C20H24Se. The molecule has 1 heterocycles. The fourth-order valence-electron chi connectivity index (χ4n) is 3.52. The van der Waals surface area contributed by atoms with Crippen LogP contribution in [0.5, 0.6) is 0 Å². The second-order valence-electron chi connectivity index (χ2n) is 6.51. The average molecular weight is 343 g/mol. The predicted octanol–water partition coefficient (Wildman–Crippen LogP) is 5.52. The van der Waals surface area contributed by atoms with Crippen molar-refractivity contribution in [3.05, 3.63) is 44.5 Å². The van der Waals surface area contributed by atoms with Gasteiger partial charge in [0.2, 0.25) is 0 Å². The topological polar surface area (TPSA) is 0 Å². The van der Waals surface area contributed by atoms with Crippen molar-refractivity contribution in [3.8, 4) is 0 Å². The van der Waals surface area contributed by atoms with E-state index in [2.05, 4.69) is 55.4 Å². The molecule has 110 valence electrons. The first kappa shape index (κ1) is 14.9. The third-order valence-electron chi connectivity index (χ3n) is 5.71. The van der Waals surface area contributed by atoms with Gasteiger partial charge in [-0.1, -0.05) is 0 Å². The molecule has 0 bridgehead atoms. The molecule has 0 atom stereocenters. The Balaban J connectivity index is 2.73. The van der Waals surface area contributed by atoms with Crippen LogP contribution in [0.1, 0.15) is 44.5 Å². The van der Waals surface area contributed by atoms with Crippen molar-refractivity contribution in [1.82, 2.24) is 0 Å². The van der Waals surface area contributed by atoms with Crippen LogP contribution in [-0.2, 0) is 0 Å². The molecule has 0 saturated heterocycles. The number of fused-ring (bicyclic) bond motifs is 3. The molecule has 0 nitrogen and oxygen atoms in total. The van der Waals surface area contributed by atoms with Gasteiger partial charge in [-0.3, -0.25) is 0 Å². The van der Waals surface area contributed by atoms with Gasteiger partial charge in [-0.2, -0.15) is 0 Å². The maximum absolute atomic E-state index is 2.32.